The van der Waals surface area contributed by atoms with Crippen LogP contribution in [0.2, 0.25) is 0 Å². The zero-order chi connectivity index (χ0) is 28.1. The Labute approximate surface area is 231 Å². The summed E-state index contributed by atoms with van der Waals surface area (Å²) >= 11 is 0. The maximum Gasteiger partial charge on any atom is 0.261 e. The van der Waals surface area contributed by atoms with E-state index in [2.05, 4.69) is 10.3 Å². The van der Waals surface area contributed by atoms with Crippen molar-refractivity contribution in [3.05, 3.63) is 88.4 Å². The summed E-state index contributed by atoms with van der Waals surface area (Å²) in [7, 11) is 1.46. The Morgan fingerprint density at radius 2 is 2.02 bits per heavy atom. The highest BCUT2D eigenvalue weighted by atomic mass is 19.1. The molecule has 3 atom stereocenters. The summed E-state index contributed by atoms with van der Waals surface area (Å²) in [4.78, 5) is 18.6. The molecule has 10 heteroatoms. The molecule has 3 aromatic rings. The molecule has 0 saturated heterocycles. The zero-order valence-electron chi connectivity index (χ0n) is 22.4. The van der Waals surface area contributed by atoms with Crippen LogP contribution in [0.5, 0.6) is 0 Å². The first-order chi connectivity index (χ1) is 19.4. The maximum absolute atomic E-state index is 13.7. The van der Waals surface area contributed by atoms with E-state index in [4.69, 9.17) is 9.72 Å². The van der Waals surface area contributed by atoms with Crippen LogP contribution in [0.15, 0.2) is 77.0 Å². The molecule has 0 radical (unpaired) electrons. The minimum Gasteiger partial charge on any atom is -0.368 e. The lowest BCUT2D eigenvalue weighted by Gasteiger charge is -2.21. The molecule has 2 aliphatic rings. The molecule has 2 aliphatic carbocycles. The highest BCUT2D eigenvalue weighted by molar-refractivity contribution is 5.82. The standard InChI is InChI=1S/C30H33F2N5O3/c1-40-29(38)5-3-2-4-28-33-26-18-21(8-15-25(26)30(39)37(28)24-13-11-23(32)12-14-24)27-19-36(35-34-27)17-16-20-6-9-22(31)10-7-20/h6-9,11-13,15,18-19,22,24,29,38H,2-5,10,14,16-17H2,1H3. The number of fused-ring (bicyclic) bond motifs is 1. The quantitative estimate of drug-likeness (QED) is 0.258. The third-order valence-electron chi connectivity index (χ3n) is 7.30. The number of hydrogen-bond acceptors (Lipinski definition) is 6. The molecule has 2 aromatic heterocycles. The van der Waals surface area contributed by atoms with Gasteiger partial charge in [-0.3, -0.25) is 14.0 Å². The topological polar surface area (TPSA) is 95.1 Å². The van der Waals surface area contributed by atoms with Crippen molar-refractivity contribution in [2.24, 2.45) is 0 Å². The predicted molar refractivity (Wildman–Crippen MR) is 149 cm³/mol. The molecule has 0 bridgehead atoms. The number of aliphatic hydroxyl groups excluding tert-OH is 1. The van der Waals surface area contributed by atoms with Gasteiger partial charge in [0.1, 0.15) is 23.5 Å². The number of alkyl halides is 1. The van der Waals surface area contributed by atoms with Gasteiger partial charge in [0.15, 0.2) is 6.29 Å². The minimum absolute atomic E-state index is 0.179. The van der Waals surface area contributed by atoms with Crippen molar-refractivity contribution in [3.8, 4) is 11.3 Å². The summed E-state index contributed by atoms with van der Waals surface area (Å²) in [6, 6.07) is 5.10. The van der Waals surface area contributed by atoms with Gasteiger partial charge in [-0.2, -0.15) is 0 Å². The zero-order valence-corrected chi connectivity index (χ0v) is 22.4. The number of nitrogens with zero attached hydrogens (tertiary/aromatic N) is 5. The fourth-order valence-electron chi connectivity index (χ4n) is 5.02. The van der Waals surface area contributed by atoms with Gasteiger partial charge in [0, 0.05) is 32.1 Å². The van der Waals surface area contributed by atoms with Crippen molar-refractivity contribution >= 4 is 10.9 Å². The van der Waals surface area contributed by atoms with E-state index in [0.717, 1.165) is 17.6 Å². The van der Waals surface area contributed by atoms with E-state index >= 15 is 0 Å². The molecule has 1 N–H and O–H groups in total. The summed E-state index contributed by atoms with van der Waals surface area (Å²) in [5, 5.41) is 18.7. The van der Waals surface area contributed by atoms with Crippen LogP contribution in [0.1, 0.15) is 50.4 Å². The molecule has 1 aromatic carbocycles. The first-order valence-electron chi connectivity index (χ1n) is 13.6. The lowest BCUT2D eigenvalue weighted by Crippen LogP contribution is -2.29. The van der Waals surface area contributed by atoms with Crippen molar-refractivity contribution in [2.75, 3.05) is 7.11 Å². The Balaban J connectivity index is 1.39. The Kier molecular flexibility index (Phi) is 8.76. The number of methoxy groups -OCH3 is 1. The smallest absolute Gasteiger partial charge is 0.261 e. The molecule has 8 nitrogen and oxygen atoms in total. The molecule has 5 rings (SSSR count). The number of rotatable bonds is 11. The Morgan fingerprint density at radius 3 is 2.77 bits per heavy atom. The third-order valence-corrected chi connectivity index (χ3v) is 7.30. The van der Waals surface area contributed by atoms with Crippen LogP contribution in [-0.2, 0) is 17.7 Å². The van der Waals surface area contributed by atoms with E-state index in [0.29, 0.717) is 67.5 Å². The van der Waals surface area contributed by atoms with Crippen LogP contribution >= 0.6 is 0 Å². The number of aromatic nitrogens is 5. The van der Waals surface area contributed by atoms with Gasteiger partial charge in [0.2, 0.25) is 0 Å². The number of ether oxygens (including phenoxy) is 1. The third kappa shape index (κ3) is 6.51. The number of aryl methyl sites for hydroxylation is 2. The largest absolute Gasteiger partial charge is 0.368 e. The highest BCUT2D eigenvalue weighted by Crippen LogP contribution is 2.26. The van der Waals surface area contributed by atoms with Gasteiger partial charge in [0.25, 0.3) is 5.56 Å². The lowest BCUT2D eigenvalue weighted by atomic mass is 10.0. The molecule has 0 aliphatic heterocycles. The van der Waals surface area contributed by atoms with E-state index in [-0.39, 0.29) is 17.4 Å². The average Bonchev–Trinajstić information content (AvgIpc) is 3.44. The number of hydrogen-bond donors (Lipinski definition) is 1. The number of unbranched alkanes of at least 4 members (excludes halogenated alkanes) is 1. The maximum atomic E-state index is 13.7. The summed E-state index contributed by atoms with van der Waals surface area (Å²) in [5.41, 5.74) is 2.90. The van der Waals surface area contributed by atoms with Gasteiger partial charge in [0.05, 0.1) is 23.1 Å². The first kappa shape index (κ1) is 27.8. The van der Waals surface area contributed by atoms with E-state index in [9.17, 15) is 18.7 Å². The van der Waals surface area contributed by atoms with Crippen LogP contribution in [0.3, 0.4) is 0 Å². The summed E-state index contributed by atoms with van der Waals surface area (Å²) in [6.45, 7) is 0.614. The second kappa shape index (κ2) is 12.6. The van der Waals surface area contributed by atoms with Gasteiger partial charge >= 0.3 is 0 Å². The molecule has 2 heterocycles. The number of allylic oxidation sites excluding steroid dienone is 8. The first-order valence-corrected chi connectivity index (χ1v) is 13.6. The molecule has 0 spiro atoms. The molecule has 210 valence electrons. The molecule has 40 heavy (non-hydrogen) atoms. The van der Waals surface area contributed by atoms with Crippen LogP contribution in [-0.4, -0.2) is 49.2 Å². The number of halogens is 2. The van der Waals surface area contributed by atoms with Crippen molar-refractivity contribution in [3.63, 3.8) is 0 Å². The van der Waals surface area contributed by atoms with Crippen molar-refractivity contribution in [1.29, 1.82) is 0 Å². The molecule has 0 saturated carbocycles. The lowest BCUT2D eigenvalue weighted by molar-refractivity contribution is -0.0792. The van der Waals surface area contributed by atoms with E-state index in [1.165, 1.54) is 19.3 Å². The average molecular weight is 550 g/mol. The molecular weight excluding hydrogens is 516 g/mol. The molecule has 0 amide bonds. The van der Waals surface area contributed by atoms with Crippen molar-refractivity contribution in [2.45, 2.75) is 70.0 Å². The minimum atomic E-state index is -0.907. The normalized spacial score (nSPS) is 19.6. The SMILES string of the molecule is COC(O)CCCCc1nc2cc(-c3cn(CCC4=CCC(F)C=C4)nn3)ccc2c(=O)n1C1C=CC(F)=CC1. The van der Waals surface area contributed by atoms with Gasteiger partial charge < -0.3 is 9.84 Å². The van der Waals surface area contributed by atoms with Gasteiger partial charge in [-0.05, 0) is 56.4 Å². The van der Waals surface area contributed by atoms with Crippen molar-refractivity contribution < 1.29 is 18.6 Å². The molecule has 3 unspecified atom stereocenters. The van der Waals surface area contributed by atoms with Crippen LogP contribution < -0.4 is 5.56 Å². The van der Waals surface area contributed by atoms with Crippen LogP contribution in [0.25, 0.3) is 22.2 Å². The molecular formula is C30H33F2N5O3. The van der Waals surface area contributed by atoms with E-state index in [1.54, 1.807) is 27.5 Å². The Bertz CT molecular complexity index is 1540. The van der Waals surface area contributed by atoms with Gasteiger partial charge in [-0.25, -0.2) is 13.8 Å². The van der Waals surface area contributed by atoms with Gasteiger partial charge in [-0.15, -0.1) is 5.10 Å². The predicted octanol–water partition coefficient (Wildman–Crippen LogP) is 5.30. The second-order valence-electron chi connectivity index (χ2n) is 10.1. The van der Waals surface area contributed by atoms with Crippen LogP contribution in [0, 0.1) is 0 Å². The fourth-order valence-corrected chi connectivity index (χ4v) is 5.02. The summed E-state index contributed by atoms with van der Waals surface area (Å²) < 4.78 is 35.3. The number of aliphatic hydroxyl groups is 1. The van der Waals surface area contributed by atoms with E-state index in [1.807, 2.05) is 30.5 Å². The van der Waals surface area contributed by atoms with Crippen LogP contribution in [0.4, 0.5) is 8.78 Å². The Morgan fingerprint density at radius 1 is 1.15 bits per heavy atom. The molecule has 0 fully saturated rings. The summed E-state index contributed by atoms with van der Waals surface area (Å²) in [6.07, 6.45) is 13.9. The second-order valence-corrected chi connectivity index (χ2v) is 10.1. The van der Waals surface area contributed by atoms with Gasteiger partial charge in [-0.1, -0.05) is 41.2 Å². The fraction of sp³-hybridized carbons (Fsp3) is 0.400. The Hall–Kier alpha value is -3.76. The summed E-state index contributed by atoms with van der Waals surface area (Å²) in [5.74, 6) is 0.297. The highest BCUT2D eigenvalue weighted by Gasteiger charge is 2.20. The number of benzene rings is 1. The van der Waals surface area contributed by atoms with E-state index < -0.39 is 12.5 Å². The monoisotopic (exact) mass is 549 g/mol. The van der Waals surface area contributed by atoms with Crippen molar-refractivity contribution in [1.82, 2.24) is 24.5 Å².